The highest BCUT2D eigenvalue weighted by Crippen LogP contribution is 2.30. The van der Waals surface area contributed by atoms with E-state index in [-0.39, 0.29) is 11.3 Å². The van der Waals surface area contributed by atoms with Crippen molar-refractivity contribution in [2.45, 2.75) is 40.0 Å². The molecule has 0 spiro atoms. The van der Waals surface area contributed by atoms with Crippen LogP contribution >= 0.6 is 15.9 Å². The van der Waals surface area contributed by atoms with Gasteiger partial charge in [-0.1, -0.05) is 59.6 Å². The second-order valence-electron chi connectivity index (χ2n) is 8.82. The lowest BCUT2D eigenvalue weighted by atomic mass is 9.93. The predicted molar refractivity (Wildman–Crippen MR) is 128 cm³/mol. The number of halogens is 1. The van der Waals surface area contributed by atoms with E-state index in [0.717, 1.165) is 37.8 Å². The van der Waals surface area contributed by atoms with E-state index in [4.69, 9.17) is 9.51 Å². The van der Waals surface area contributed by atoms with E-state index in [1.54, 1.807) is 6.07 Å². The van der Waals surface area contributed by atoms with E-state index < -0.39 is 0 Å². The lowest BCUT2D eigenvalue weighted by molar-refractivity contribution is 0.102. The van der Waals surface area contributed by atoms with Crippen LogP contribution in [0.4, 0.5) is 5.82 Å². The number of hydrogen-bond donors (Lipinski definition) is 1. The molecule has 0 fully saturated rings. The summed E-state index contributed by atoms with van der Waals surface area (Å²) < 4.78 is 6.29. The summed E-state index contributed by atoms with van der Waals surface area (Å²) in [6.07, 6.45) is 0. The Balaban J connectivity index is 1.81. The van der Waals surface area contributed by atoms with Crippen LogP contribution in [0.5, 0.6) is 0 Å². The molecule has 4 rings (SSSR count). The molecule has 31 heavy (non-hydrogen) atoms. The maximum absolute atomic E-state index is 13.3. The number of amides is 1. The molecule has 0 aliphatic heterocycles. The largest absolute Gasteiger partial charge is 0.359 e. The van der Waals surface area contributed by atoms with Gasteiger partial charge in [0, 0.05) is 26.9 Å². The molecule has 6 heteroatoms. The van der Waals surface area contributed by atoms with Crippen molar-refractivity contribution in [3.63, 3.8) is 0 Å². The number of anilines is 1. The number of aryl methyl sites for hydroxylation is 2. The van der Waals surface area contributed by atoms with Gasteiger partial charge in [0.25, 0.3) is 5.91 Å². The smallest absolute Gasteiger partial charge is 0.257 e. The molecular formula is C25H24BrN3O2. The van der Waals surface area contributed by atoms with Crippen LogP contribution in [0, 0.1) is 13.8 Å². The lowest BCUT2D eigenvalue weighted by Crippen LogP contribution is -2.14. The maximum Gasteiger partial charge on any atom is 0.257 e. The van der Waals surface area contributed by atoms with E-state index in [9.17, 15) is 4.79 Å². The first-order valence-corrected chi connectivity index (χ1v) is 10.9. The fourth-order valence-corrected chi connectivity index (χ4v) is 3.77. The van der Waals surface area contributed by atoms with Crippen molar-refractivity contribution in [1.82, 2.24) is 10.1 Å². The summed E-state index contributed by atoms with van der Waals surface area (Å²) >= 11 is 3.51. The van der Waals surface area contributed by atoms with Gasteiger partial charge in [-0.15, -0.1) is 0 Å². The Bertz CT molecular complexity index is 1300. The molecule has 4 aromatic rings. The third-order valence-corrected chi connectivity index (χ3v) is 5.67. The van der Waals surface area contributed by atoms with Crippen LogP contribution in [0.1, 0.15) is 48.0 Å². The first-order valence-electron chi connectivity index (χ1n) is 10.1. The molecule has 0 saturated carbocycles. The summed E-state index contributed by atoms with van der Waals surface area (Å²) in [5.74, 6) is 0.843. The number of fused-ring (bicyclic) bond motifs is 1. The van der Waals surface area contributed by atoms with Gasteiger partial charge in [-0.25, -0.2) is 4.98 Å². The molecule has 0 unspecified atom stereocenters. The summed E-state index contributed by atoms with van der Waals surface area (Å²) in [6, 6.07) is 15.6. The highest BCUT2D eigenvalue weighted by molar-refractivity contribution is 9.10. The monoisotopic (exact) mass is 477 g/mol. The highest BCUT2D eigenvalue weighted by Gasteiger charge is 2.22. The molecule has 2 heterocycles. The van der Waals surface area contributed by atoms with Crippen molar-refractivity contribution in [3.05, 3.63) is 75.5 Å². The third-order valence-electron chi connectivity index (χ3n) is 5.18. The maximum atomic E-state index is 13.3. The van der Waals surface area contributed by atoms with Crippen LogP contribution in [-0.4, -0.2) is 16.0 Å². The number of nitrogens with zero attached hydrogens (tertiary/aromatic N) is 2. The molecular weight excluding hydrogens is 454 g/mol. The van der Waals surface area contributed by atoms with Gasteiger partial charge < -0.3 is 9.84 Å². The molecule has 0 atom stereocenters. The molecule has 0 aliphatic rings. The number of benzene rings is 2. The number of rotatable bonds is 3. The van der Waals surface area contributed by atoms with Crippen molar-refractivity contribution in [3.8, 4) is 11.3 Å². The van der Waals surface area contributed by atoms with Crippen molar-refractivity contribution < 1.29 is 9.32 Å². The average Bonchev–Trinajstić information content (AvgIpc) is 3.18. The van der Waals surface area contributed by atoms with E-state index in [1.807, 2.05) is 58.9 Å². The molecule has 0 saturated heterocycles. The van der Waals surface area contributed by atoms with Crippen LogP contribution in [0.25, 0.3) is 22.2 Å². The summed E-state index contributed by atoms with van der Waals surface area (Å²) in [6.45, 7) is 10.2. The zero-order chi connectivity index (χ0) is 22.3. The molecule has 0 radical (unpaired) electrons. The van der Waals surface area contributed by atoms with Crippen molar-refractivity contribution >= 4 is 38.6 Å². The van der Waals surface area contributed by atoms with Gasteiger partial charge in [0.05, 0.1) is 16.8 Å². The number of aromatic nitrogens is 2. The van der Waals surface area contributed by atoms with E-state index in [1.165, 1.54) is 0 Å². The molecule has 158 valence electrons. The van der Waals surface area contributed by atoms with Crippen LogP contribution in [-0.2, 0) is 5.41 Å². The molecule has 1 amide bonds. The zero-order valence-electron chi connectivity index (χ0n) is 18.2. The van der Waals surface area contributed by atoms with Gasteiger partial charge in [-0.3, -0.25) is 4.79 Å². The molecule has 2 aromatic heterocycles. The molecule has 0 aliphatic carbocycles. The van der Waals surface area contributed by atoms with Crippen LogP contribution in [0.15, 0.2) is 57.5 Å². The first kappa shape index (κ1) is 21.2. The van der Waals surface area contributed by atoms with Gasteiger partial charge in [-0.05, 0) is 49.7 Å². The Morgan fingerprint density at radius 1 is 1.03 bits per heavy atom. The Labute approximate surface area is 190 Å². The Kier molecular flexibility index (Phi) is 5.43. The van der Waals surface area contributed by atoms with Gasteiger partial charge in [0.1, 0.15) is 5.76 Å². The van der Waals surface area contributed by atoms with Crippen LogP contribution < -0.4 is 5.32 Å². The summed E-state index contributed by atoms with van der Waals surface area (Å²) in [5.41, 5.74) is 5.10. The Morgan fingerprint density at radius 2 is 1.81 bits per heavy atom. The minimum absolute atomic E-state index is 0.194. The zero-order valence-corrected chi connectivity index (χ0v) is 19.8. The van der Waals surface area contributed by atoms with E-state index in [2.05, 4.69) is 44.6 Å². The second-order valence-corrected chi connectivity index (χ2v) is 9.73. The SMILES string of the molecule is Cc1ccc(C)c(-c2cc(C(=O)Nc3cc(C(C)(C)C)on3)c3cc(Br)ccc3n2)c1. The predicted octanol–water partition coefficient (Wildman–Crippen LogP) is 6.82. The first-order chi connectivity index (χ1) is 14.6. The van der Waals surface area contributed by atoms with Crippen molar-refractivity contribution in [2.75, 3.05) is 5.32 Å². The fourth-order valence-electron chi connectivity index (χ4n) is 3.41. The summed E-state index contributed by atoms with van der Waals surface area (Å²) in [7, 11) is 0. The standard InChI is InChI=1S/C25H24BrN3O2/c1-14-6-7-15(2)17(10-14)21-12-19(18-11-16(26)8-9-20(18)27-21)24(30)28-23-13-22(31-29-23)25(3,4)5/h6-13H,1-5H3,(H,28,29,30). The van der Waals surface area contributed by atoms with E-state index in [0.29, 0.717) is 17.1 Å². The number of carbonyl (C=O) groups is 1. The van der Waals surface area contributed by atoms with Gasteiger partial charge in [0.15, 0.2) is 5.82 Å². The van der Waals surface area contributed by atoms with E-state index >= 15 is 0 Å². The van der Waals surface area contributed by atoms with Crippen molar-refractivity contribution in [2.24, 2.45) is 0 Å². The lowest BCUT2D eigenvalue weighted by Gasteiger charge is -2.12. The number of hydrogen-bond acceptors (Lipinski definition) is 4. The number of nitrogens with one attached hydrogen (secondary N) is 1. The minimum atomic E-state index is -0.259. The van der Waals surface area contributed by atoms with Gasteiger partial charge in [0.2, 0.25) is 0 Å². The molecule has 2 aromatic carbocycles. The average molecular weight is 478 g/mol. The van der Waals surface area contributed by atoms with Crippen molar-refractivity contribution in [1.29, 1.82) is 0 Å². The normalized spacial score (nSPS) is 11.7. The topological polar surface area (TPSA) is 68.0 Å². The van der Waals surface area contributed by atoms with Crippen LogP contribution in [0.2, 0.25) is 0 Å². The highest BCUT2D eigenvalue weighted by atomic mass is 79.9. The third kappa shape index (κ3) is 4.39. The van der Waals surface area contributed by atoms with Gasteiger partial charge >= 0.3 is 0 Å². The second kappa shape index (κ2) is 7.93. The number of carbonyl (C=O) groups excluding carboxylic acids is 1. The summed E-state index contributed by atoms with van der Waals surface area (Å²) in [4.78, 5) is 18.1. The number of pyridine rings is 1. The quantitative estimate of drug-likeness (QED) is 0.351. The molecule has 5 nitrogen and oxygen atoms in total. The minimum Gasteiger partial charge on any atom is -0.359 e. The summed E-state index contributed by atoms with van der Waals surface area (Å²) in [5, 5.41) is 7.66. The molecule has 0 bridgehead atoms. The molecule has 1 N–H and O–H groups in total. The Morgan fingerprint density at radius 3 is 2.52 bits per heavy atom. The van der Waals surface area contributed by atoms with Gasteiger partial charge in [-0.2, -0.15) is 0 Å². The fraction of sp³-hybridized carbons (Fsp3) is 0.240. The Hall–Kier alpha value is -2.99. The van der Waals surface area contributed by atoms with Crippen LogP contribution in [0.3, 0.4) is 0 Å².